The molecular weight excluding hydrogens is 296 g/mol. The second-order valence-corrected chi connectivity index (χ2v) is 5.01. The summed E-state index contributed by atoms with van der Waals surface area (Å²) in [5.41, 5.74) is 6.30. The fourth-order valence-corrected chi connectivity index (χ4v) is 2.11. The predicted molar refractivity (Wildman–Crippen MR) is 57.2 cm³/mol. The minimum absolute atomic E-state index is 0.374. The minimum atomic E-state index is -4.61. The van der Waals surface area contributed by atoms with Gasteiger partial charge >= 0.3 is 21.6 Å². The van der Waals surface area contributed by atoms with Crippen molar-refractivity contribution in [3.8, 4) is 0 Å². The standard InChI is InChI=1S/C9H14F6NO2Si/c10-8(11,12)6-17-19(5-3-1-2-4-16)18-7-9(13,14)15/h3,5H,1-2,4,6-7,16H2. The van der Waals surface area contributed by atoms with Gasteiger partial charge in [-0.2, -0.15) is 26.3 Å². The first kappa shape index (κ1) is 18.4. The Balaban J connectivity index is 4.26. The second kappa shape index (κ2) is 8.56. The van der Waals surface area contributed by atoms with Gasteiger partial charge in [0.05, 0.1) is 0 Å². The molecule has 0 heterocycles. The van der Waals surface area contributed by atoms with Gasteiger partial charge in [-0.15, -0.1) is 0 Å². The molecule has 0 saturated heterocycles. The first-order valence-electron chi connectivity index (χ1n) is 5.27. The van der Waals surface area contributed by atoms with Gasteiger partial charge in [0.25, 0.3) is 0 Å². The van der Waals surface area contributed by atoms with Crippen LogP contribution in [0.15, 0.2) is 11.8 Å². The van der Waals surface area contributed by atoms with Crippen molar-refractivity contribution in [1.29, 1.82) is 0 Å². The largest absolute Gasteiger partial charge is 0.415 e. The number of halogens is 6. The molecule has 0 fully saturated rings. The quantitative estimate of drug-likeness (QED) is 0.425. The van der Waals surface area contributed by atoms with E-state index < -0.39 is 34.9 Å². The molecule has 0 aromatic heterocycles. The van der Waals surface area contributed by atoms with E-state index >= 15 is 0 Å². The highest BCUT2D eigenvalue weighted by Crippen LogP contribution is 2.18. The van der Waals surface area contributed by atoms with E-state index in [9.17, 15) is 26.3 Å². The summed E-state index contributed by atoms with van der Waals surface area (Å²) in [6.45, 7) is -2.90. The molecule has 0 aliphatic rings. The minimum Gasteiger partial charge on any atom is -0.381 e. The Hall–Kier alpha value is -0.583. The van der Waals surface area contributed by atoms with Crippen molar-refractivity contribution in [2.75, 3.05) is 19.8 Å². The zero-order valence-electron chi connectivity index (χ0n) is 9.85. The van der Waals surface area contributed by atoms with E-state index in [1.165, 1.54) is 6.08 Å². The summed E-state index contributed by atoms with van der Waals surface area (Å²) < 4.78 is 80.1. The average Bonchev–Trinajstić information content (AvgIpc) is 2.24. The van der Waals surface area contributed by atoms with Crippen LogP contribution in [0.5, 0.6) is 0 Å². The van der Waals surface area contributed by atoms with Gasteiger partial charge in [-0.3, -0.25) is 0 Å². The number of hydrogen-bond acceptors (Lipinski definition) is 3. The molecule has 0 aliphatic carbocycles. The van der Waals surface area contributed by atoms with E-state index in [1.54, 1.807) is 0 Å². The second-order valence-electron chi connectivity index (χ2n) is 3.46. The SMILES string of the molecule is NCCCC=C[Si](OCC(F)(F)F)OCC(F)(F)F. The molecule has 10 heteroatoms. The number of nitrogens with two attached hydrogens (primary N) is 1. The van der Waals surface area contributed by atoms with Gasteiger partial charge in [0.2, 0.25) is 0 Å². The van der Waals surface area contributed by atoms with E-state index in [-0.39, 0.29) is 0 Å². The van der Waals surface area contributed by atoms with Crippen LogP contribution in [-0.4, -0.2) is 41.4 Å². The monoisotopic (exact) mass is 310 g/mol. The molecule has 0 aromatic carbocycles. The molecule has 0 bridgehead atoms. The molecule has 3 nitrogen and oxygen atoms in total. The Bertz CT molecular complexity index is 250. The fraction of sp³-hybridized carbons (Fsp3) is 0.778. The zero-order chi connectivity index (χ0) is 14.9. The molecule has 0 atom stereocenters. The van der Waals surface area contributed by atoms with Crippen LogP contribution >= 0.6 is 0 Å². The Morgan fingerprint density at radius 1 is 0.947 bits per heavy atom. The first-order chi connectivity index (χ1) is 8.64. The van der Waals surface area contributed by atoms with Crippen molar-refractivity contribution < 1.29 is 35.2 Å². The van der Waals surface area contributed by atoms with E-state index in [1.807, 2.05) is 0 Å². The van der Waals surface area contributed by atoms with E-state index in [0.717, 1.165) is 5.70 Å². The molecule has 2 N–H and O–H groups in total. The Labute approximate surface area is 108 Å². The Morgan fingerprint density at radius 2 is 1.42 bits per heavy atom. The van der Waals surface area contributed by atoms with Gasteiger partial charge in [0.1, 0.15) is 13.2 Å². The maximum atomic E-state index is 11.9. The summed E-state index contributed by atoms with van der Waals surface area (Å²) in [5, 5.41) is 0. The lowest BCUT2D eigenvalue weighted by atomic mass is 10.3. The zero-order valence-corrected chi connectivity index (χ0v) is 10.9. The lowest BCUT2D eigenvalue weighted by Crippen LogP contribution is -2.31. The fourth-order valence-electron chi connectivity index (χ4n) is 0.859. The summed E-state index contributed by atoms with van der Waals surface area (Å²) in [6, 6.07) is 0. The number of unbranched alkanes of at least 4 members (excludes halogenated alkanes) is 1. The van der Waals surface area contributed by atoms with Crippen LogP contribution in [0.25, 0.3) is 0 Å². The average molecular weight is 310 g/mol. The van der Waals surface area contributed by atoms with Crippen LogP contribution in [0.4, 0.5) is 26.3 Å². The predicted octanol–water partition coefficient (Wildman–Crippen LogP) is 2.47. The smallest absolute Gasteiger partial charge is 0.381 e. The van der Waals surface area contributed by atoms with Gasteiger partial charge in [-0.05, 0) is 25.1 Å². The van der Waals surface area contributed by atoms with Gasteiger partial charge in [0.15, 0.2) is 0 Å². The molecule has 0 spiro atoms. The molecule has 0 aliphatic heterocycles. The summed E-state index contributed by atoms with van der Waals surface area (Å²) in [5.74, 6) is 0. The van der Waals surface area contributed by atoms with Crippen LogP contribution in [-0.2, 0) is 8.85 Å². The molecule has 19 heavy (non-hydrogen) atoms. The van der Waals surface area contributed by atoms with Crippen LogP contribution in [0.1, 0.15) is 12.8 Å². The number of hydrogen-bond donors (Lipinski definition) is 1. The van der Waals surface area contributed by atoms with Gasteiger partial charge < -0.3 is 14.6 Å². The van der Waals surface area contributed by atoms with E-state index in [2.05, 4.69) is 8.85 Å². The summed E-state index contributed by atoms with van der Waals surface area (Å²) in [6.07, 6.45) is -6.79. The van der Waals surface area contributed by atoms with E-state index in [4.69, 9.17) is 5.73 Å². The third-order valence-electron chi connectivity index (χ3n) is 1.59. The van der Waals surface area contributed by atoms with Crippen molar-refractivity contribution in [1.82, 2.24) is 0 Å². The molecular formula is C9H14F6NO2Si. The highest BCUT2D eigenvalue weighted by molar-refractivity contribution is 6.50. The third kappa shape index (κ3) is 13.6. The third-order valence-corrected chi connectivity index (χ3v) is 2.95. The number of alkyl halides is 6. The van der Waals surface area contributed by atoms with Crippen LogP contribution in [0.3, 0.4) is 0 Å². The Morgan fingerprint density at radius 3 is 1.79 bits per heavy atom. The highest BCUT2D eigenvalue weighted by atomic mass is 28.3. The van der Waals surface area contributed by atoms with Crippen molar-refractivity contribution in [2.45, 2.75) is 25.2 Å². The summed E-state index contributed by atoms with van der Waals surface area (Å²) in [4.78, 5) is 0. The lowest BCUT2D eigenvalue weighted by Gasteiger charge is -2.15. The van der Waals surface area contributed by atoms with Crippen molar-refractivity contribution in [2.24, 2.45) is 5.73 Å². The van der Waals surface area contributed by atoms with Crippen LogP contribution in [0.2, 0.25) is 0 Å². The van der Waals surface area contributed by atoms with Crippen molar-refractivity contribution in [3.63, 3.8) is 0 Å². The maximum absolute atomic E-state index is 11.9. The molecule has 1 radical (unpaired) electrons. The first-order valence-corrected chi connectivity index (χ1v) is 6.66. The van der Waals surface area contributed by atoms with Crippen LogP contribution in [0, 0.1) is 0 Å². The maximum Gasteiger partial charge on any atom is 0.415 e. The molecule has 0 saturated carbocycles. The lowest BCUT2D eigenvalue weighted by molar-refractivity contribution is -0.168. The number of rotatable bonds is 8. The topological polar surface area (TPSA) is 44.5 Å². The van der Waals surface area contributed by atoms with Crippen molar-refractivity contribution >= 4 is 9.28 Å². The van der Waals surface area contributed by atoms with Gasteiger partial charge in [-0.25, -0.2) is 0 Å². The molecule has 0 unspecified atom stereocenters. The molecule has 0 aromatic rings. The Kier molecular flexibility index (Phi) is 8.30. The van der Waals surface area contributed by atoms with Crippen LogP contribution < -0.4 is 5.73 Å². The normalized spacial score (nSPS) is 13.7. The molecule has 0 rings (SSSR count). The number of allylic oxidation sites excluding steroid dienone is 1. The van der Waals surface area contributed by atoms with Crippen molar-refractivity contribution in [3.05, 3.63) is 11.8 Å². The van der Waals surface area contributed by atoms with Gasteiger partial charge in [-0.1, -0.05) is 6.08 Å². The van der Waals surface area contributed by atoms with E-state index in [0.29, 0.717) is 19.4 Å². The summed E-state index contributed by atoms with van der Waals surface area (Å²) >= 11 is 0. The van der Waals surface area contributed by atoms with Gasteiger partial charge in [0, 0.05) is 0 Å². The molecule has 0 amide bonds. The highest BCUT2D eigenvalue weighted by Gasteiger charge is 2.33. The molecule has 113 valence electrons. The summed E-state index contributed by atoms with van der Waals surface area (Å²) in [7, 11) is -2.75.